The Hall–Kier alpha value is -1.47. The first-order valence-electron chi connectivity index (χ1n) is 6.08. The third-order valence-electron chi connectivity index (χ3n) is 2.30. The lowest BCUT2D eigenvalue weighted by molar-refractivity contribution is -0.115. The summed E-state index contributed by atoms with van der Waals surface area (Å²) in [5.41, 5.74) is 0.367. The van der Waals surface area contributed by atoms with Crippen molar-refractivity contribution in [2.45, 2.75) is 29.9 Å². The molecule has 2 rings (SSSR count). The molecule has 0 spiro atoms. The first-order chi connectivity index (χ1) is 9.54. The van der Waals surface area contributed by atoms with Gasteiger partial charge in [-0.2, -0.15) is 0 Å². The molecule has 1 N–H and O–H groups in total. The molecular weight excluding hydrogens is 297 g/mol. The fourth-order valence-electron chi connectivity index (χ4n) is 1.49. The van der Waals surface area contributed by atoms with Gasteiger partial charge in [0.15, 0.2) is 4.34 Å². The number of nitrogens with zero attached hydrogens (tertiary/aromatic N) is 2. The zero-order chi connectivity index (χ0) is 14.5. The summed E-state index contributed by atoms with van der Waals surface area (Å²) in [4.78, 5) is 11.8. The van der Waals surface area contributed by atoms with E-state index in [-0.39, 0.29) is 18.1 Å². The van der Waals surface area contributed by atoms with E-state index >= 15 is 0 Å². The van der Waals surface area contributed by atoms with Crippen molar-refractivity contribution >= 4 is 34.1 Å². The van der Waals surface area contributed by atoms with Gasteiger partial charge in [0.2, 0.25) is 11.0 Å². The SMILES string of the molecule is CC(C)Sc1nnc(NC(=O)Cc2ccccc2F)s1. The minimum Gasteiger partial charge on any atom is -0.300 e. The van der Waals surface area contributed by atoms with Crippen LogP contribution in [-0.2, 0) is 11.2 Å². The quantitative estimate of drug-likeness (QED) is 0.679. The topological polar surface area (TPSA) is 54.9 Å². The first-order valence-corrected chi connectivity index (χ1v) is 7.77. The molecule has 1 aromatic carbocycles. The van der Waals surface area contributed by atoms with Crippen molar-refractivity contribution in [1.82, 2.24) is 10.2 Å². The third kappa shape index (κ3) is 4.28. The smallest absolute Gasteiger partial charge is 0.230 e. The molecule has 0 radical (unpaired) electrons. The average molecular weight is 311 g/mol. The number of carbonyl (C=O) groups excluding carboxylic acids is 1. The van der Waals surface area contributed by atoms with Gasteiger partial charge in [-0.15, -0.1) is 10.2 Å². The maximum Gasteiger partial charge on any atom is 0.230 e. The molecule has 0 aliphatic heterocycles. The fraction of sp³-hybridized carbons (Fsp3) is 0.308. The lowest BCUT2D eigenvalue weighted by atomic mass is 10.1. The van der Waals surface area contributed by atoms with Crippen LogP contribution in [0.25, 0.3) is 0 Å². The lowest BCUT2D eigenvalue weighted by Crippen LogP contribution is -2.15. The average Bonchev–Trinajstić information content (AvgIpc) is 2.78. The van der Waals surface area contributed by atoms with Crippen LogP contribution in [0.4, 0.5) is 9.52 Å². The molecule has 1 heterocycles. The van der Waals surface area contributed by atoms with Crippen LogP contribution >= 0.6 is 23.1 Å². The molecule has 106 valence electrons. The van der Waals surface area contributed by atoms with E-state index in [1.54, 1.807) is 30.0 Å². The summed E-state index contributed by atoms with van der Waals surface area (Å²) in [5.74, 6) is -0.677. The zero-order valence-corrected chi connectivity index (χ0v) is 12.7. The number of halogens is 1. The molecule has 0 aliphatic carbocycles. The number of hydrogen-bond acceptors (Lipinski definition) is 5. The monoisotopic (exact) mass is 311 g/mol. The summed E-state index contributed by atoms with van der Waals surface area (Å²) in [5, 5.41) is 11.4. The Balaban J connectivity index is 1.95. The molecule has 1 aromatic heterocycles. The highest BCUT2D eigenvalue weighted by Crippen LogP contribution is 2.28. The first kappa shape index (κ1) is 14.9. The molecule has 2 aromatic rings. The number of rotatable bonds is 5. The number of nitrogens with one attached hydrogen (secondary N) is 1. The number of hydrogen-bond donors (Lipinski definition) is 1. The second kappa shape index (κ2) is 6.81. The Labute approximate surface area is 124 Å². The maximum absolute atomic E-state index is 13.4. The predicted octanol–water partition coefficient (Wildman–Crippen LogP) is 3.36. The summed E-state index contributed by atoms with van der Waals surface area (Å²) in [6.45, 7) is 4.12. The molecule has 4 nitrogen and oxygen atoms in total. The van der Waals surface area contributed by atoms with E-state index in [2.05, 4.69) is 29.4 Å². The largest absolute Gasteiger partial charge is 0.300 e. The van der Waals surface area contributed by atoms with Crippen LogP contribution in [0.1, 0.15) is 19.4 Å². The maximum atomic E-state index is 13.4. The van der Waals surface area contributed by atoms with Crippen LogP contribution in [0, 0.1) is 5.82 Å². The molecule has 0 unspecified atom stereocenters. The van der Waals surface area contributed by atoms with Crippen LogP contribution in [0.2, 0.25) is 0 Å². The summed E-state index contributed by atoms with van der Waals surface area (Å²) >= 11 is 2.91. The molecule has 0 bridgehead atoms. The van der Waals surface area contributed by atoms with E-state index in [4.69, 9.17) is 0 Å². The normalized spacial score (nSPS) is 10.8. The molecule has 20 heavy (non-hydrogen) atoms. The van der Waals surface area contributed by atoms with Crippen molar-refractivity contribution in [2.75, 3.05) is 5.32 Å². The Morgan fingerprint density at radius 2 is 2.15 bits per heavy atom. The Bertz CT molecular complexity index is 601. The van der Waals surface area contributed by atoms with Gasteiger partial charge < -0.3 is 5.32 Å². The van der Waals surface area contributed by atoms with E-state index in [9.17, 15) is 9.18 Å². The number of anilines is 1. The molecular formula is C13H14FN3OS2. The molecule has 0 saturated carbocycles. The van der Waals surface area contributed by atoms with E-state index < -0.39 is 0 Å². The Kier molecular flexibility index (Phi) is 5.08. The van der Waals surface area contributed by atoms with Gasteiger partial charge in [0, 0.05) is 5.25 Å². The van der Waals surface area contributed by atoms with Crippen molar-refractivity contribution in [3.8, 4) is 0 Å². The number of benzene rings is 1. The van der Waals surface area contributed by atoms with E-state index in [0.29, 0.717) is 15.9 Å². The van der Waals surface area contributed by atoms with Crippen LogP contribution < -0.4 is 5.32 Å². The summed E-state index contributed by atoms with van der Waals surface area (Å²) < 4.78 is 14.2. The highest BCUT2D eigenvalue weighted by molar-refractivity contribution is 8.01. The van der Waals surface area contributed by atoms with Gasteiger partial charge in [-0.3, -0.25) is 4.79 Å². The van der Waals surface area contributed by atoms with Crippen LogP contribution in [0.15, 0.2) is 28.6 Å². The standard InChI is InChI=1S/C13H14FN3OS2/c1-8(2)19-13-17-16-12(20-13)15-11(18)7-9-5-3-4-6-10(9)14/h3-6,8H,7H2,1-2H3,(H,15,16,18). The summed E-state index contributed by atoms with van der Waals surface area (Å²) in [6.07, 6.45) is -0.0150. The lowest BCUT2D eigenvalue weighted by Gasteiger charge is -2.02. The number of thioether (sulfide) groups is 1. The van der Waals surface area contributed by atoms with Gasteiger partial charge >= 0.3 is 0 Å². The minimum absolute atomic E-state index is 0.0150. The van der Waals surface area contributed by atoms with Gasteiger partial charge in [0.1, 0.15) is 5.82 Å². The van der Waals surface area contributed by atoms with Crippen LogP contribution in [-0.4, -0.2) is 21.4 Å². The van der Waals surface area contributed by atoms with Gasteiger partial charge in [0.05, 0.1) is 6.42 Å². The second-order valence-corrected chi connectivity index (χ2v) is 7.16. The van der Waals surface area contributed by atoms with Crippen LogP contribution in [0.3, 0.4) is 0 Å². The second-order valence-electron chi connectivity index (χ2n) is 4.36. The molecule has 0 saturated heterocycles. The van der Waals surface area contributed by atoms with Gasteiger partial charge in [-0.05, 0) is 11.6 Å². The molecule has 0 aliphatic rings. The fourth-order valence-corrected chi connectivity index (χ4v) is 3.48. The minimum atomic E-state index is -0.379. The van der Waals surface area contributed by atoms with E-state index in [1.807, 2.05) is 0 Å². The Morgan fingerprint density at radius 1 is 1.40 bits per heavy atom. The van der Waals surface area contributed by atoms with Crippen LogP contribution in [0.5, 0.6) is 0 Å². The predicted molar refractivity (Wildman–Crippen MR) is 79.6 cm³/mol. The van der Waals surface area contributed by atoms with E-state index in [0.717, 1.165) is 4.34 Å². The molecule has 0 atom stereocenters. The van der Waals surface area contributed by atoms with Crippen molar-refractivity contribution in [3.05, 3.63) is 35.6 Å². The van der Waals surface area contributed by atoms with Crippen molar-refractivity contribution in [1.29, 1.82) is 0 Å². The highest BCUT2D eigenvalue weighted by atomic mass is 32.2. The Morgan fingerprint density at radius 3 is 2.85 bits per heavy atom. The number of amides is 1. The molecule has 0 fully saturated rings. The summed E-state index contributed by atoms with van der Waals surface area (Å²) in [7, 11) is 0. The van der Waals surface area contributed by atoms with Crippen molar-refractivity contribution in [3.63, 3.8) is 0 Å². The number of carbonyl (C=O) groups is 1. The number of aromatic nitrogens is 2. The van der Waals surface area contributed by atoms with Crippen molar-refractivity contribution < 1.29 is 9.18 Å². The van der Waals surface area contributed by atoms with Gasteiger partial charge in [0.25, 0.3) is 0 Å². The summed E-state index contributed by atoms with van der Waals surface area (Å²) in [6, 6.07) is 6.23. The van der Waals surface area contributed by atoms with Crippen molar-refractivity contribution in [2.24, 2.45) is 0 Å². The van der Waals surface area contributed by atoms with Gasteiger partial charge in [-0.25, -0.2) is 4.39 Å². The molecule has 7 heteroatoms. The third-order valence-corrected chi connectivity index (χ3v) is 4.22. The molecule has 1 amide bonds. The van der Waals surface area contributed by atoms with E-state index in [1.165, 1.54) is 17.4 Å². The highest BCUT2D eigenvalue weighted by Gasteiger charge is 2.11. The van der Waals surface area contributed by atoms with Gasteiger partial charge in [-0.1, -0.05) is 55.1 Å². The zero-order valence-electron chi connectivity index (χ0n) is 11.1.